The summed E-state index contributed by atoms with van der Waals surface area (Å²) in [6.45, 7) is 2.11. The van der Waals surface area contributed by atoms with Crippen molar-refractivity contribution in [1.82, 2.24) is 5.32 Å². The minimum absolute atomic E-state index is 0.00226. The Kier molecular flexibility index (Phi) is 3.01. The van der Waals surface area contributed by atoms with Crippen LogP contribution in [0, 0.1) is 5.92 Å². The van der Waals surface area contributed by atoms with Crippen molar-refractivity contribution in [3.63, 3.8) is 0 Å². The zero-order valence-electron chi connectivity index (χ0n) is 9.59. The van der Waals surface area contributed by atoms with Crippen LogP contribution in [0.15, 0.2) is 0 Å². The zero-order chi connectivity index (χ0) is 10.9. The van der Waals surface area contributed by atoms with E-state index in [0.717, 1.165) is 32.1 Å². The Balaban J connectivity index is 1.69. The number of rotatable bonds is 3. The minimum atomic E-state index is -0.00226. The molecule has 2 saturated carbocycles. The largest absolute Gasteiger partial charge is 0.353 e. The highest BCUT2D eigenvalue weighted by Gasteiger charge is 2.29. The van der Waals surface area contributed by atoms with Crippen molar-refractivity contribution in [1.29, 1.82) is 0 Å². The van der Waals surface area contributed by atoms with Crippen LogP contribution in [-0.2, 0) is 4.79 Å². The van der Waals surface area contributed by atoms with Gasteiger partial charge in [0, 0.05) is 18.0 Å². The highest BCUT2D eigenvalue weighted by molar-refractivity contribution is 5.76. The summed E-state index contributed by atoms with van der Waals surface area (Å²) in [5, 5.41) is 3.13. The summed E-state index contributed by atoms with van der Waals surface area (Å²) in [5.41, 5.74) is 6.05. The van der Waals surface area contributed by atoms with Gasteiger partial charge in [0.15, 0.2) is 0 Å². The molecular weight excluding hydrogens is 188 g/mol. The molecule has 2 aliphatic rings. The van der Waals surface area contributed by atoms with Crippen LogP contribution >= 0.6 is 0 Å². The first-order chi connectivity index (χ1) is 7.05. The summed E-state index contributed by atoms with van der Waals surface area (Å²) >= 11 is 0. The van der Waals surface area contributed by atoms with E-state index in [0.29, 0.717) is 12.0 Å². The van der Waals surface area contributed by atoms with Gasteiger partial charge in [0.2, 0.25) is 5.91 Å². The highest BCUT2D eigenvalue weighted by Crippen LogP contribution is 2.32. The van der Waals surface area contributed by atoms with Gasteiger partial charge in [-0.05, 0) is 51.4 Å². The molecule has 0 aromatic heterocycles. The molecule has 2 aliphatic carbocycles. The smallest absolute Gasteiger partial charge is 0.220 e. The molecule has 3 nitrogen and oxygen atoms in total. The Morgan fingerprint density at radius 2 is 1.93 bits per heavy atom. The van der Waals surface area contributed by atoms with Crippen LogP contribution in [0.4, 0.5) is 0 Å². The average molecular weight is 210 g/mol. The first-order valence-corrected chi connectivity index (χ1v) is 6.13. The summed E-state index contributed by atoms with van der Waals surface area (Å²) in [7, 11) is 0. The zero-order valence-corrected chi connectivity index (χ0v) is 9.59. The van der Waals surface area contributed by atoms with Crippen molar-refractivity contribution in [2.75, 3.05) is 0 Å². The third-order valence-electron chi connectivity index (χ3n) is 3.66. The van der Waals surface area contributed by atoms with Crippen LogP contribution in [0.1, 0.15) is 51.9 Å². The van der Waals surface area contributed by atoms with Gasteiger partial charge in [-0.1, -0.05) is 0 Å². The van der Waals surface area contributed by atoms with E-state index in [2.05, 4.69) is 12.2 Å². The number of carbonyl (C=O) groups is 1. The van der Waals surface area contributed by atoms with E-state index in [1.165, 1.54) is 12.8 Å². The maximum absolute atomic E-state index is 11.6. The van der Waals surface area contributed by atoms with Crippen LogP contribution in [0.5, 0.6) is 0 Å². The number of nitrogens with one attached hydrogen (secondary N) is 1. The molecular formula is C12H22N2O. The second kappa shape index (κ2) is 4.12. The van der Waals surface area contributed by atoms with Crippen molar-refractivity contribution < 1.29 is 4.79 Å². The van der Waals surface area contributed by atoms with Crippen molar-refractivity contribution in [3.8, 4) is 0 Å². The summed E-state index contributed by atoms with van der Waals surface area (Å²) in [6.07, 6.45) is 7.39. The van der Waals surface area contributed by atoms with Gasteiger partial charge in [-0.25, -0.2) is 0 Å². The lowest BCUT2D eigenvalue weighted by molar-refractivity contribution is -0.122. The van der Waals surface area contributed by atoms with Crippen LogP contribution in [0.25, 0.3) is 0 Å². The predicted molar refractivity (Wildman–Crippen MR) is 60.3 cm³/mol. The van der Waals surface area contributed by atoms with Crippen molar-refractivity contribution in [2.24, 2.45) is 11.7 Å². The molecule has 0 saturated heterocycles. The SMILES string of the molecule is CC1(N)CCC(NC(=O)CC2CC2)CC1. The number of carbonyl (C=O) groups excluding carboxylic acids is 1. The van der Waals surface area contributed by atoms with Gasteiger partial charge < -0.3 is 11.1 Å². The van der Waals surface area contributed by atoms with E-state index in [4.69, 9.17) is 5.73 Å². The lowest BCUT2D eigenvalue weighted by Crippen LogP contribution is -2.46. The van der Waals surface area contributed by atoms with Crippen LogP contribution in [-0.4, -0.2) is 17.5 Å². The van der Waals surface area contributed by atoms with Gasteiger partial charge in [-0.15, -0.1) is 0 Å². The highest BCUT2D eigenvalue weighted by atomic mass is 16.1. The standard InChI is InChI=1S/C12H22N2O/c1-12(13)6-4-10(5-7-12)14-11(15)8-9-2-3-9/h9-10H,2-8,13H2,1H3,(H,14,15). The van der Waals surface area contributed by atoms with E-state index >= 15 is 0 Å². The third-order valence-corrected chi connectivity index (χ3v) is 3.66. The maximum Gasteiger partial charge on any atom is 0.220 e. The van der Waals surface area contributed by atoms with Gasteiger partial charge in [0.05, 0.1) is 0 Å². The van der Waals surface area contributed by atoms with Gasteiger partial charge >= 0.3 is 0 Å². The Bertz CT molecular complexity index is 236. The molecule has 0 bridgehead atoms. The quantitative estimate of drug-likeness (QED) is 0.742. The Morgan fingerprint density at radius 3 is 2.47 bits per heavy atom. The third kappa shape index (κ3) is 3.49. The summed E-state index contributed by atoms with van der Waals surface area (Å²) < 4.78 is 0. The fourth-order valence-corrected chi connectivity index (χ4v) is 2.29. The van der Waals surface area contributed by atoms with E-state index in [1.807, 2.05) is 0 Å². The van der Waals surface area contributed by atoms with Gasteiger partial charge in [0.25, 0.3) is 0 Å². The Morgan fingerprint density at radius 1 is 1.33 bits per heavy atom. The monoisotopic (exact) mass is 210 g/mol. The molecule has 0 aliphatic heterocycles. The second-order valence-corrected chi connectivity index (χ2v) is 5.64. The van der Waals surface area contributed by atoms with E-state index < -0.39 is 0 Å². The molecule has 0 aromatic carbocycles. The lowest BCUT2D eigenvalue weighted by Gasteiger charge is -2.34. The first-order valence-electron chi connectivity index (χ1n) is 6.13. The fourth-order valence-electron chi connectivity index (χ4n) is 2.29. The lowest BCUT2D eigenvalue weighted by atomic mass is 9.81. The second-order valence-electron chi connectivity index (χ2n) is 5.64. The van der Waals surface area contributed by atoms with Crippen LogP contribution < -0.4 is 11.1 Å². The summed E-state index contributed by atoms with van der Waals surface area (Å²) in [5.74, 6) is 0.941. The fraction of sp³-hybridized carbons (Fsp3) is 0.917. The van der Waals surface area contributed by atoms with Gasteiger partial charge in [-0.2, -0.15) is 0 Å². The Labute approximate surface area is 91.8 Å². The van der Waals surface area contributed by atoms with Gasteiger partial charge in [0.1, 0.15) is 0 Å². The van der Waals surface area contributed by atoms with Gasteiger partial charge in [-0.3, -0.25) is 4.79 Å². The predicted octanol–water partition coefficient (Wildman–Crippen LogP) is 1.56. The molecule has 0 radical (unpaired) electrons. The molecule has 0 unspecified atom stereocenters. The van der Waals surface area contributed by atoms with Crippen molar-refractivity contribution in [3.05, 3.63) is 0 Å². The number of nitrogens with two attached hydrogens (primary N) is 1. The molecule has 0 aromatic rings. The molecule has 2 fully saturated rings. The molecule has 0 heterocycles. The van der Waals surface area contributed by atoms with Crippen molar-refractivity contribution in [2.45, 2.75) is 63.5 Å². The Hall–Kier alpha value is -0.570. The molecule has 3 heteroatoms. The number of amides is 1. The van der Waals surface area contributed by atoms with Crippen LogP contribution in [0.3, 0.4) is 0 Å². The number of hydrogen-bond donors (Lipinski definition) is 2. The molecule has 86 valence electrons. The molecule has 0 spiro atoms. The number of hydrogen-bond acceptors (Lipinski definition) is 2. The topological polar surface area (TPSA) is 55.1 Å². The maximum atomic E-state index is 11.6. The molecule has 0 atom stereocenters. The average Bonchev–Trinajstić information content (AvgIpc) is 2.92. The summed E-state index contributed by atoms with van der Waals surface area (Å²) in [6, 6.07) is 0.382. The first kappa shape index (κ1) is 10.9. The summed E-state index contributed by atoms with van der Waals surface area (Å²) in [4.78, 5) is 11.6. The molecule has 3 N–H and O–H groups in total. The van der Waals surface area contributed by atoms with E-state index in [9.17, 15) is 4.79 Å². The molecule has 15 heavy (non-hydrogen) atoms. The molecule has 1 amide bonds. The minimum Gasteiger partial charge on any atom is -0.353 e. The normalized spacial score (nSPS) is 36.3. The van der Waals surface area contributed by atoms with Crippen LogP contribution in [0.2, 0.25) is 0 Å². The molecule has 2 rings (SSSR count). The van der Waals surface area contributed by atoms with E-state index in [-0.39, 0.29) is 11.4 Å². The van der Waals surface area contributed by atoms with E-state index in [1.54, 1.807) is 0 Å². The van der Waals surface area contributed by atoms with Crippen molar-refractivity contribution >= 4 is 5.91 Å².